The Morgan fingerprint density at radius 3 is 2.56 bits per heavy atom. The molecule has 0 bridgehead atoms. The van der Waals surface area contributed by atoms with E-state index in [0.717, 1.165) is 11.5 Å². The molecular formula is C11H12N4S. The summed E-state index contributed by atoms with van der Waals surface area (Å²) in [5.41, 5.74) is 0.955. The van der Waals surface area contributed by atoms with Gasteiger partial charge < -0.3 is 10.6 Å². The fourth-order valence-electron chi connectivity index (χ4n) is 1.28. The van der Waals surface area contributed by atoms with E-state index in [1.54, 1.807) is 4.68 Å². The first kappa shape index (κ1) is 10.6. The van der Waals surface area contributed by atoms with Crippen molar-refractivity contribution in [2.24, 2.45) is 7.05 Å². The summed E-state index contributed by atoms with van der Waals surface area (Å²) in [6.45, 7) is 0. The van der Waals surface area contributed by atoms with Gasteiger partial charge in [0, 0.05) is 25.0 Å². The van der Waals surface area contributed by atoms with Gasteiger partial charge in [-0.15, -0.1) is 0 Å². The van der Waals surface area contributed by atoms with Crippen molar-refractivity contribution in [3.05, 3.63) is 42.6 Å². The molecule has 1 heterocycles. The molecule has 0 radical (unpaired) electrons. The highest BCUT2D eigenvalue weighted by molar-refractivity contribution is 7.80. The number of thiocarbonyl (C=S) groups is 1. The zero-order valence-corrected chi connectivity index (χ0v) is 9.66. The number of anilines is 2. The Balaban J connectivity index is 1.95. The van der Waals surface area contributed by atoms with Gasteiger partial charge in [-0.3, -0.25) is 4.68 Å². The van der Waals surface area contributed by atoms with Gasteiger partial charge in [0.05, 0.1) is 0 Å². The molecule has 5 heteroatoms. The van der Waals surface area contributed by atoms with Gasteiger partial charge in [-0.2, -0.15) is 5.10 Å². The van der Waals surface area contributed by atoms with E-state index in [1.165, 1.54) is 0 Å². The molecular weight excluding hydrogens is 220 g/mol. The Morgan fingerprint density at radius 2 is 1.94 bits per heavy atom. The highest BCUT2D eigenvalue weighted by Gasteiger charge is 2.00. The van der Waals surface area contributed by atoms with Crippen LogP contribution in [0.3, 0.4) is 0 Å². The molecule has 0 amide bonds. The van der Waals surface area contributed by atoms with Gasteiger partial charge in [-0.1, -0.05) is 18.2 Å². The lowest BCUT2D eigenvalue weighted by atomic mass is 10.3. The van der Waals surface area contributed by atoms with Crippen LogP contribution in [0, 0.1) is 0 Å². The predicted molar refractivity (Wildman–Crippen MR) is 69.5 cm³/mol. The summed E-state index contributed by atoms with van der Waals surface area (Å²) in [5, 5.41) is 10.8. The van der Waals surface area contributed by atoms with E-state index < -0.39 is 0 Å². The van der Waals surface area contributed by atoms with E-state index in [4.69, 9.17) is 12.2 Å². The normalized spacial score (nSPS) is 9.81. The highest BCUT2D eigenvalue weighted by atomic mass is 32.1. The standard InChI is InChI=1S/C11H12N4S/c1-15-8-7-10(14-15)13-11(16)12-9-5-3-2-4-6-9/h2-8H,1H3,(H2,12,13,14,16). The fraction of sp³-hybridized carbons (Fsp3) is 0.0909. The molecule has 1 aromatic heterocycles. The lowest BCUT2D eigenvalue weighted by molar-refractivity contribution is 0.772. The second-order valence-corrected chi connectivity index (χ2v) is 3.73. The van der Waals surface area contributed by atoms with Crippen molar-refractivity contribution in [2.75, 3.05) is 10.6 Å². The topological polar surface area (TPSA) is 41.9 Å². The summed E-state index contributed by atoms with van der Waals surface area (Å²) < 4.78 is 1.72. The summed E-state index contributed by atoms with van der Waals surface area (Å²) in [6.07, 6.45) is 1.85. The van der Waals surface area contributed by atoms with Gasteiger partial charge in [-0.05, 0) is 24.4 Å². The van der Waals surface area contributed by atoms with Gasteiger partial charge in [0.15, 0.2) is 10.9 Å². The van der Waals surface area contributed by atoms with Crippen LogP contribution in [0.15, 0.2) is 42.6 Å². The Bertz CT molecular complexity index is 478. The van der Waals surface area contributed by atoms with Crippen LogP contribution in [-0.2, 0) is 7.05 Å². The van der Waals surface area contributed by atoms with Crippen molar-refractivity contribution in [1.29, 1.82) is 0 Å². The Morgan fingerprint density at radius 1 is 1.19 bits per heavy atom. The van der Waals surface area contributed by atoms with Gasteiger partial charge in [0.25, 0.3) is 0 Å². The van der Waals surface area contributed by atoms with Crippen LogP contribution in [0.2, 0.25) is 0 Å². The largest absolute Gasteiger partial charge is 0.332 e. The third kappa shape index (κ3) is 2.80. The number of para-hydroxylation sites is 1. The van der Waals surface area contributed by atoms with Gasteiger partial charge in [0.2, 0.25) is 0 Å². The number of aromatic nitrogens is 2. The first-order chi connectivity index (χ1) is 7.74. The second kappa shape index (κ2) is 4.76. The maximum atomic E-state index is 5.16. The molecule has 4 nitrogen and oxygen atoms in total. The van der Waals surface area contributed by atoms with E-state index in [1.807, 2.05) is 49.6 Å². The van der Waals surface area contributed by atoms with E-state index >= 15 is 0 Å². The van der Waals surface area contributed by atoms with Crippen molar-refractivity contribution in [3.63, 3.8) is 0 Å². The van der Waals surface area contributed by atoms with Crippen LogP contribution in [0.5, 0.6) is 0 Å². The Hall–Kier alpha value is -1.88. The van der Waals surface area contributed by atoms with Crippen LogP contribution in [-0.4, -0.2) is 14.9 Å². The van der Waals surface area contributed by atoms with Crippen LogP contribution in [0.25, 0.3) is 0 Å². The molecule has 2 rings (SSSR count). The number of benzene rings is 1. The SMILES string of the molecule is Cn1ccc(NC(=S)Nc2ccccc2)n1. The molecule has 0 atom stereocenters. The molecule has 2 N–H and O–H groups in total. The zero-order valence-electron chi connectivity index (χ0n) is 8.84. The van der Waals surface area contributed by atoms with Crippen molar-refractivity contribution >= 4 is 28.8 Å². The van der Waals surface area contributed by atoms with Crippen LogP contribution < -0.4 is 10.6 Å². The number of rotatable bonds is 2. The highest BCUT2D eigenvalue weighted by Crippen LogP contribution is 2.07. The lowest BCUT2D eigenvalue weighted by Gasteiger charge is -2.07. The Kier molecular flexibility index (Phi) is 3.16. The summed E-state index contributed by atoms with van der Waals surface area (Å²) in [6, 6.07) is 11.6. The van der Waals surface area contributed by atoms with Crippen molar-refractivity contribution in [3.8, 4) is 0 Å². The molecule has 2 aromatic rings. The molecule has 0 aliphatic carbocycles. The number of nitrogens with zero attached hydrogens (tertiary/aromatic N) is 2. The monoisotopic (exact) mass is 232 g/mol. The molecule has 1 aromatic carbocycles. The molecule has 0 fully saturated rings. The molecule has 16 heavy (non-hydrogen) atoms. The van der Waals surface area contributed by atoms with E-state index in [-0.39, 0.29) is 0 Å². The molecule has 82 valence electrons. The quantitative estimate of drug-likeness (QED) is 0.779. The van der Waals surface area contributed by atoms with E-state index in [2.05, 4.69) is 15.7 Å². The maximum Gasteiger partial charge on any atom is 0.176 e. The van der Waals surface area contributed by atoms with Crippen molar-refractivity contribution in [2.45, 2.75) is 0 Å². The van der Waals surface area contributed by atoms with E-state index in [9.17, 15) is 0 Å². The first-order valence-corrected chi connectivity index (χ1v) is 5.27. The molecule has 0 spiro atoms. The molecule has 0 aliphatic heterocycles. The molecule has 0 saturated heterocycles. The van der Waals surface area contributed by atoms with Crippen LogP contribution in [0.4, 0.5) is 11.5 Å². The third-order valence-electron chi connectivity index (χ3n) is 1.99. The number of aryl methyl sites for hydroxylation is 1. The van der Waals surface area contributed by atoms with Crippen molar-refractivity contribution in [1.82, 2.24) is 9.78 Å². The Labute approximate surface area is 99.3 Å². The minimum atomic E-state index is 0.532. The summed E-state index contributed by atoms with van der Waals surface area (Å²) in [5.74, 6) is 0.732. The molecule has 0 saturated carbocycles. The predicted octanol–water partition coefficient (Wildman–Crippen LogP) is 2.23. The fourth-order valence-corrected chi connectivity index (χ4v) is 1.50. The smallest absolute Gasteiger partial charge is 0.176 e. The summed E-state index contributed by atoms with van der Waals surface area (Å²) in [7, 11) is 1.86. The number of hydrogen-bond donors (Lipinski definition) is 2. The molecule has 0 unspecified atom stereocenters. The minimum absolute atomic E-state index is 0.532. The van der Waals surface area contributed by atoms with Crippen LogP contribution >= 0.6 is 12.2 Å². The number of nitrogens with one attached hydrogen (secondary N) is 2. The van der Waals surface area contributed by atoms with E-state index in [0.29, 0.717) is 5.11 Å². The summed E-state index contributed by atoms with van der Waals surface area (Å²) in [4.78, 5) is 0. The van der Waals surface area contributed by atoms with Crippen molar-refractivity contribution < 1.29 is 0 Å². The average molecular weight is 232 g/mol. The second-order valence-electron chi connectivity index (χ2n) is 3.32. The lowest BCUT2D eigenvalue weighted by Crippen LogP contribution is -2.19. The average Bonchev–Trinajstić information content (AvgIpc) is 2.65. The minimum Gasteiger partial charge on any atom is -0.332 e. The van der Waals surface area contributed by atoms with Crippen LogP contribution in [0.1, 0.15) is 0 Å². The first-order valence-electron chi connectivity index (χ1n) is 4.87. The van der Waals surface area contributed by atoms with Gasteiger partial charge in [-0.25, -0.2) is 0 Å². The zero-order chi connectivity index (χ0) is 11.4. The van der Waals surface area contributed by atoms with Gasteiger partial charge >= 0.3 is 0 Å². The van der Waals surface area contributed by atoms with Gasteiger partial charge in [0.1, 0.15) is 0 Å². The third-order valence-corrected chi connectivity index (χ3v) is 2.19. The maximum absolute atomic E-state index is 5.16. The number of hydrogen-bond acceptors (Lipinski definition) is 2. The molecule has 0 aliphatic rings. The summed E-state index contributed by atoms with van der Waals surface area (Å²) >= 11 is 5.16.